The van der Waals surface area contributed by atoms with E-state index in [1.165, 1.54) is 0 Å². The molecule has 5 heteroatoms. The van der Waals surface area contributed by atoms with Gasteiger partial charge < -0.3 is 15.6 Å². The molecule has 0 saturated heterocycles. The fourth-order valence-corrected chi connectivity index (χ4v) is 1.83. The van der Waals surface area contributed by atoms with Gasteiger partial charge in [-0.1, -0.05) is 5.16 Å². The lowest BCUT2D eigenvalue weighted by Gasteiger charge is -2.08. The lowest BCUT2D eigenvalue weighted by Crippen LogP contribution is -2.30. The van der Waals surface area contributed by atoms with Crippen molar-refractivity contribution in [1.82, 2.24) is 10.5 Å². The van der Waals surface area contributed by atoms with Gasteiger partial charge >= 0.3 is 0 Å². The number of hydrogen-bond acceptors (Lipinski definition) is 4. The molecule has 2 rings (SSSR count). The van der Waals surface area contributed by atoms with Gasteiger partial charge in [-0.2, -0.15) is 0 Å². The molecule has 0 aliphatic heterocycles. The standard InChI is InChI=1S/C10H15N3O2/c11-5-6-12-10(14)9-7-3-1-2-4-8(7)15-13-9/h1-6,11H2,(H,12,14). The summed E-state index contributed by atoms with van der Waals surface area (Å²) in [6.45, 7) is 0.909. The Hall–Kier alpha value is -1.36. The van der Waals surface area contributed by atoms with Crippen molar-refractivity contribution < 1.29 is 9.32 Å². The van der Waals surface area contributed by atoms with Gasteiger partial charge in [0.25, 0.3) is 5.91 Å². The van der Waals surface area contributed by atoms with Crippen LogP contribution >= 0.6 is 0 Å². The molecule has 1 aromatic heterocycles. The van der Waals surface area contributed by atoms with Crippen molar-refractivity contribution in [2.24, 2.45) is 5.73 Å². The normalized spacial score (nSPS) is 14.7. The predicted octanol–water partition coefficient (Wildman–Crippen LogP) is 0.242. The monoisotopic (exact) mass is 209 g/mol. The minimum Gasteiger partial charge on any atom is -0.360 e. The zero-order chi connectivity index (χ0) is 10.7. The van der Waals surface area contributed by atoms with Crippen LogP contribution in [0.1, 0.15) is 34.7 Å². The van der Waals surface area contributed by atoms with Gasteiger partial charge in [0.1, 0.15) is 5.76 Å². The fraction of sp³-hybridized carbons (Fsp3) is 0.600. The number of amides is 1. The second kappa shape index (κ2) is 4.44. The maximum atomic E-state index is 11.6. The van der Waals surface area contributed by atoms with E-state index in [1.807, 2.05) is 0 Å². The number of nitrogens with two attached hydrogens (primary N) is 1. The van der Waals surface area contributed by atoms with Crippen LogP contribution in [0, 0.1) is 0 Å². The molecule has 1 aliphatic rings. The van der Waals surface area contributed by atoms with Gasteiger partial charge in [0.2, 0.25) is 0 Å². The SMILES string of the molecule is NCCNC(=O)c1noc2c1CCCC2. The summed E-state index contributed by atoms with van der Waals surface area (Å²) in [7, 11) is 0. The van der Waals surface area contributed by atoms with E-state index in [4.69, 9.17) is 10.3 Å². The maximum Gasteiger partial charge on any atom is 0.273 e. The first kappa shape index (κ1) is 10.2. The number of carbonyl (C=O) groups is 1. The van der Waals surface area contributed by atoms with Gasteiger partial charge in [0.15, 0.2) is 5.69 Å². The Bertz CT molecular complexity index is 360. The Balaban J connectivity index is 2.14. The zero-order valence-corrected chi connectivity index (χ0v) is 8.58. The van der Waals surface area contributed by atoms with E-state index in [0.717, 1.165) is 37.0 Å². The van der Waals surface area contributed by atoms with Crippen molar-refractivity contribution in [3.8, 4) is 0 Å². The van der Waals surface area contributed by atoms with E-state index in [9.17, 15) is 4.79 Å². The molecule has 0 aromatic carbocycles. The lowest BCUT2D eigenvalue weighted by atomic mass is 9.96. The summed E-state index contributed by atoms with van der Waals surface area (Å²) in [5, 5.41) is 6.52. The minimum absolute atomic E-state index is 0.174. The molecule has 1 aliphatic carbocycles. The van der Waals surface area contributed by atoms with E-state index >= 15 is 0 Å². The lowest BCUT2D eigenvalue weighted by molar-refractivity contribution is 0.0945. The molecular weight excluding hydrogens is 194 g/mol. The van der Waals surface area contributed by atoms with Crippen LogP contribution in [0.2, 0.25) is 0 Å². The van der Waals surface area contributed by atoms with Gasteiger partial charge in [0.05, 0.1) is 0 Å². The first-order valence-electron chi connectivity index (χ1n) is 5.28. The van der Waals surface area contributed by atoms with Crippen LogP contribution in [0.5, 0.6) is 0 Å². The van der Waals surface area contributed by atoms with Crippen molar-refractivity contribution in [2.45, 2.75) is 25.7 Å². The summed E-state index contributed by atoms with van der Waals surface area (Å²) in [6, 6.07) is 0. The minimum atomic E-state index is -0.174. The van der Waals surface area contributed by atoms with E-state index in [0.29, 0.717) is 18.8 Å². The largest absolute Gasteiger partial charge is 0.360 e. The topological polar surface area (TPSA) is 81.1 Å². The molecule has 1 aromatic rings. The van der Waals surface area contributed by atoms with Crippen LogP contribution in [0.25, 0.3) is 0 Å². The number of carbonyl (C=O) groups excluding carboxylic acids is 1. The van der Waals surface area contributed by atoms with Crippen molar-refractivity contribution >= 4 is 5.91 Å². The van der Waals surface area contributed by atoms with Gasteiger partial charge in [-0.3, -0.25) is 4.79 Å². The van der Waals surface area contributed by atoms with E-state index in [1.54, 1.807) is 0 Å². The number of rotatable bonds is 3. The van der Waals surface area contributed by atoms with Crippen molar-refractivity contribution in [1.29, 1.82) is 0 Å². The third-order valence-corrected chi connectivity index (χ3v) is 2.60. The van der Waals surface area contributed by atoms with Crippen LogP contribution < -0.4 is 11.1 Å². The summed E-state index contributed by atoms with van der Waals surface area (Å²) >= 11 is 0. The van der Waals surface area contributed by atoms with Crippen LogP contribution in [-0.4, -0.2) is 24.2 Å². The van der Waals surface area contributed by atoms with Gasteiger partial charge in [-0.25, -0.2) is 0 Å². The Morgan fingerprint density at radius 1 is 1.47 bits per heavy atom. The zero-order valence-electron chi connectivity index (χ0n) is 8.58. The van der Waals surface area contributed by atoms with E-state index in [2.05, 4.69) is 10.5 Å². The molecule has 0 bridgehead atoms. The molecule has 0 atom stereocenters. The smallest absolute Gasteiger partial charge is 0.273 e. The summed E-state index contributed by atoms with van der Waals surface area (Å²) in [4.78, 5) is 11.6. The molecule has 0 radical (unpaired) electrons. The molecule has 15 heavy (non-hydrogen) atoms. The highest BCUT2D eigenvalue weighted by molar-refractivity contribution is 5.93. The molecule has 82 valence electrons. The molecule has 0 unspecified atom stereocenters. The van der Waals surface area contributed by atoms with Crippen LogP contribution in [0.15, 0.2) is 4.52 Å². The Morgan fingerprint density at radius 3 is 3.07 bits per heavy atom. The third kappa shape index (κ3) is 2.02. The van der Waals surface area contributed by atoms with Crippen LogP contribution in [-0.2, 0) is 12.8 Å². The summed E-state index contributed by atoms with van der Waals surface area (Å²) in [6.07, 6.45) is 4.01. The highest BCUT2D eigenvalue weighted by Crippen LogP contribution is 2.23. The third-order valence-electron chi connectivity index (χ3n) is 2.60. The summed E-state index contributed by atoms with van der Waals surface area (Å²) in [5.41, 5.74) is 6.73. The van der Waals surface area contributed by atoms with Gasteiger partial charge in [-0.05, 0) is 19.3 Å². The fourth-order valence-electron chi connectivity index (χ4n) is 1.83. The number of nitrogens with one attached hydrogen (secondary N) is 1. The number of aryl methyl sites for hydroxylation is 1. The number of fused-ring (bicyclic) bond motifs is 1. The number of aromatic nitrogens is 1. The van der Waals surface area contributed by atoms with Crippen LogP contribution in [0.4, 0.5) is 0 Å². The Kier molecular flexibility index (Phi) is 3.01. The maximum absolute atomic E-state index is 11.6. The molecular formula is C10H15N3O2. The van der Waals surface area contributed by atoms with Gasteiger partial charge in [0, 0.05) is 25.1 Å². The molecule has 5 nitrogen and oxygen atoms in total. The summed E-state index contributed by atoms with van der Waals surface area (Å²) in [5.74, 6) is 0.700. The molecule has 1 heterocycles. The number of hydrogen-bond donors (Lipinski definition) is 2. The molecule has 0 spiro atoms. The van der Waals surface area contributed by atoms with Crippen LogP contribution in [0.3, 0.4) is 0 Å². The first-order valence-corrected chi connectivity index (χ1v) is 5.28. The molecule has 0 fully saturated rings. The molecule has 3 N–H and O–H groups in total. The second-order valence-electron chi connectivity index (χ2n) is 3.68. The Labute approximate surface area is 88.0 Å². The Morgan fingerprint density at radius 2 is 2.27 bits per heavy atom. The van der Waals surface area contributed by atoms with Crippen molar-refractivity contribution in [3.05, 3.63) is 17.0 Å². The van der Waals surface area contributed by atoms with Gasteiger partial charge in [-0.15, -0.1) is 0 Å². The van der Waals surface area contributed by atoms with E-state index < -0.39 is 0 Å². The number of nitrogens with zero attached hydrogens (tertiary/aromatic N) is 1. The summed E-state index contributed by atoms with van der Waals surface area (Å²) < 4.78 is 5.15. The highest BCUT2D eigenvalue weighted by Gasteiger charge is 2.23. The predicted molar refractivity (Wildman–Crippen MR) is 54.5 cm³/mol. The van der Waals surface area contributed by atoms with Crippen molar-refractivity contribution in [2.75, 3.05) is 13.1 Å². The van der Waals surface area contributed by atoms with E-state index in [-0.39, 0.29) is 5.91 Å². The molecule has 0 saturated carbocycles. The average Bonchev–Trinajstić information content (AvgIpc) is 2.69. The van der Waals surface area contributed by atoms with Crippen molar-refractivity contribution in [3.63, 3.8) is 0 Å². The molecule has 1 amide bonds. The second-order valence-corrected chi connectivity index (χ2v) is 3.68. The quantitative estimate of drug-likeness (QED) is 0.747. The highest BCUT2D eigenvalue weighted by atomic mass is 16.5. The average molecular weight is 209 g/mol. The first-order chi connectivity index (χ1) is 7.33.